The van der Waals surface area contributed by atoms with Crippen LogP contribution in [0, 0.1) is 11.7 Å². The summed E-state index contributed by atoms with van der Waals surface area (Å²) >= 11 is 0. The Bertz CT molecular complexity index is 864. The lowest BCUT2D eigenvalue weighted by atomic mass is 9.83. The van der Waals surface area contributed by atoms with Crippen LogP contribution in [0.15, 0.2) is 24.3 Å². The number of benzene rings is 1. The molecule has 30 heavy (non-hydrogen) atoms. The van der Waals surface area contributed by atoms with E-state index in [1.54, 1.807) is 9.80 Å². The molecule has 1 spiro atoms. The molecule has 9 heteroatoms. The number of urea groups is 1. The molecule has 1 aromatic rings. The van der Waals surface area contributed by atoms with Gasteiger partial charge in [-0.1, -0.05) is 0 Å². The Kier molecular flexibility index (Phi) is 4.56. The van der Waals surface area contributed by atoms with E-state index in [1.165, 1.54) is 24.3 Å². The first-order chi connectivity index (χ1) is 14.4. The molecule has 0 radical (unpaired) electrons. The predicted octanol–water partition coefficient (Wildman–Crippen LogP) is 2.27. The standard InChI is InChI=1S/C21H25FN4O4/c22-15-3-5-16(6-4-15)23-19(28)25-11-12-26-17(13-25)21(30-20(26)29)7-9-24(10-8-21)18(27)14-1-2-14/h3-6,14,17H,1-2,7-13H2,(H,23,28). The average Bonchev–Trinajstić information content (AvgIpc) is 3.57. The van der Waals surface area contributed by atoms with Crippen molar-refractivity contribution in [3.05, 3.63) is 30.1 Å². The van der Waals surface area contributed by atoms with E-state index < -0.39 is 5.60 Å². The number of nitrogens with zero attached hydrogens (tertiary/aromatic N) is 3. The van der Waals surface area contributed by atoms with Crippen LogP contribution in [0.2, 0.25) is 0 Å². The van der Waals surface area contributed by atoms with Crippen molar-refractivity contribution in [1.82, 2.24) is 14.7 Å². The Morgan fingerprint density at radius 3 is 2.40 bits per heavy atom. The van der Waals surface area contributed by atoms with Gasteiger partial charge in [-0.25, -0.2) is 14.0 Å². The van der Waals surface area contributed by atoms with Crippen molar-refractivity contribution in [2.45, 2.75) is 37.3 Å². The van der Waals surface area contributed by atoms with Crippen LogP contribution >= 0.6 is 0 Å². The zero-order valence-corrected chi connectivity index (χ0v) is 16.7. The Balaban J connectivity index is 1.26. The number of piperidine rings is 1. The SMILES string of the molecule is O=C(Nc1ccc(F)cc1)N1CCN2C(=O)OC3(CCN(C(=O)C4CC4)CC3)C2C1. The van der Waals surface area contributed by atoms with Crippen LogP contribution in [0.25, 0.3) is 0 Å². The van der Waals surface area contributed by atoms with Gasteiger partial charge in [0.1, 0.15) is 11.4 Å². The fourth-order valence-corrected chi connectivity index (χ4v) is 4.80. The number of carbonyl (C=O) groups excluding carboxylic acids is 3. The van der Waals surface area contributed by atoms with Gasteiger partial charge >= 0.3 is 12.1 Å². The van der Waals surface area contributed by atoms with Gasteiger partial charge in [-0.05, 0) is 37.1 Å². The number of nitrogens with one attached hydrogen (secondary N) is 1. The zero-order chi connectivity index (χ0) is 20.9. The zero-order valence-electron chi connectivity index (χ0n) is 16.7. The Morgan fingerprint density at radius 2 is 1.73 bits per heavy atom. The molecule has 160 valence electrons. The van der Waals surface area contributed by atoms with Crippen molar-refractivity contribution < 1.29 is 23.5 Å². The van der Waals surface area contributed by atoms with Gasteiger partial charge in [0, 0.05) is 57.2 Å². The lowest BCUT2D eigenvalue weighted by molar-refractivity contribution is -0.136. The smallest absolute Gasteiger partial charge is 0.410 e. The maximum absolute atomic E-state index is 13.1. The average molecular weight is 416 g/mol. The van der Waals surface area contributed by atoms with E-state index in [-0.39, 0.29) is 35.8 Å². The van der Waals surface area contributed by atoms with Crippen molar-refractivity contribution in [2.75, 3.05) is 38.0 Å². The highest BCUT2D eigenvalue weighted by Crippen LogP contribution is 2.41. The van der Waals surface area contributed by atoms with E-state index in [1.807, 2.05) is 4.90 Å². The first kappa shape index (κ1) is 19.1. The summed E-state index contributed by atoms with van der Waals surface area (Å²) in [7, 11) is 0. The molecule has 3 heterocycles. The minimum Gasteiger partial charge on any atom is -0.440 e. The molecule has 0 bridgehead atoms. The van der Waals surface area contributed by atoms with Crippen molar-refractivity contribution in [2.24, 2.45) is 5.92 Å². The van der Waals surface area contributed by atoms with Crippen LogP contribution < -0.4 is 5.32 Å². The number of halogens is 1. The number of amides is 4. The number of ether oxygens (including phenoxy) is 1. The first-order valence-electron chi connectivity index (χ1n) is 10.6. The van der Waals surface area contributed by atoms with Crippen molar-refractivity contribution in [3.8, 4) is 0 Å². The highest BCUT2D eigenvalue weighted by atomic mass is 19.1. The second-order valence-electron chi connectivity index (χ2n) is 8.62. The summed E-state index contributed by atoms with van der Waals surface area (Å²) in [6.07, 6.45) is 2.80. The molecule has 1 aliphatic carbocycles. The third kappa shape index (κ3) is 3.36. The van der Waals surface area contributed by atoms with Crippen molar-refractivity contribution in [3.63, 3.8) is 0 Å². The molecule has 1 N–H and O–H groups in total. The summed E-state index contributed by atoms with van der Waals surface area (Å²) in [5.41, 5.74) is -0.143. The van der Waals surface area contributed by atoms with Gasteiger partial charge in [-0.15, -0.1) is 0 Å². The Hall–Kier alpha value is -2.84. The quantitative estimate of drug-likeness (QED) is 0.802. The fraction of sp³-hybridized carbons (Fsp3) is 0.571. The van der Waals surface area contributed by atoms with Gasteiger partial charge < -0.3 is 19.9 Å². The monoisotopic (exact) mass is 416 g/mol. The third-order valence-corrected chi connectivity index (χ3v) is 6.74. The van der Waals surface area contributed by atoms with Gasteiger partial charge in [0.15, 0.2) is 0 Å². The van der Waals surface area contributed by atoms with E-state index in [2.05, 4.69) is 5.32 Å². The molecular weight excluding hydrogens is 391 g/mol. The van der Waals surface area contributed by atoms with Crippen LogP contribution in [0.3, 0.4) is 0 Å². The Labute approximate surface area is 173 Å². The van der Waals surface area contributed by atoms with Crippen LogP contribution in [0.4, 0.5) is 19.7 Å². The summed E-state index contributed by atoms with van der Waals surface area (Å²) in [6.45, 7) is 2.34. The number of likely N-dealkylation sites (tertiary alicyclic amines) is 1. The van der Waals surface area contributed by atoms with Gasteiger partial charge in [0.25, 0.3) is 0 Å². The van der Waals surface area contributed by atoms with Gasteiger partial charge in [-0.3, -0.25) is 9.69 Å². The number of hydrogen-bond acceptors (Lipinski definition) is 4. The number of fused-ring (bicyclic) bond motifs is 2. The molecule has 4 aliphatic rings. The van der Waals surface area contributed by atoms with Gasteiger partial charge in [-0.2, -0.15) is 0 Å². The summed E-state index contributed by atoms with van der Waals surface area (Å²) in [5, 5.41) is 2.79. The highest BCUT2D eigenvalue weighted by molar-refractivity contribution is 5.89. The van der Waals surface area contributed by atoms with Crippen LogP contribution in [-0.2, 0) is 9.53 Å². The molecule has 8 nitrogen and oxygen atoms in total. The lowest BCUT2D eigenvalue weighted by Crippen LogP contribution is -2.62. The minimum atomic E-state index is -0.660. The molecule has 0 aromatic heterocycles. The summed E-state index contributed by atoms with van der Waals surface area (Å²) in [6, 6.07) is 5.11. The molecule has 4 fully saturated rings. The first-order valence-corrected chi connectivity index (χ1v) is 10.6. The molecular formula is C21H25FN4O4. The summed E-state index contributed by atoms with van der Waals surface area (Å²) in [5.74, 6) is 0.0358. The topological polar surface area (TPSA) is 82.2 Å². The number of hydrogen-bond donors (Lipinski definition) is 1. The molecule has 1 aromatic carbocycles. The Morgan fingerprint density at radius 1 is 1.03 bits per heavy atom. The molecule has 5 rings (SSSR count). The normalized spacial score (nSPS) is 25.2. The van der Waals surface area contributed by atoms with Crippen LogP contribution in [0.5, 0.6) is 0 Å². The second kappa shape index (κ2) is 7.14. The summed E-state index contributed by atoms with van der Waals surface area (Å²) < 4.78 is 18.9. The maximum atomic E-state index is 13.1. The van der Waals surface area contributed by atoms with E-state index >= 15 is 0 Å². The van der Waals surface area contributed by atoms with Crippen molar-refractivity contribution >= 4 is 23.7 Å². The van der Waals surface area contributed by atoms with Gasteiger partial charge in [0.2, 0.25) is 5.91 Å². The van der Waals surface area contributed by atoms with E-state index in [0.29, 0.717) is 51.3 Å². The van der Waals surface area contributed by atoms with E-state index in [9.17, 15) is 18.8 Å². The van der Waals surface area contributed by atoms with Crippen LogP contribution in [0.1, 0.15) is 25.7 Å². The van der Waals surface area contributed by atoms with Crippen LogP contribution in [-0.4, -0.2) is 77.1 Å². The van der Waals surface area contributed by atoms with E-state index in [4.69, 9.17) is 4.74 Å². The highest BCUT2D eigenvalue weighted by Gasteiger charge is 2.57. The summed E-state index contributed by atoms with van der Waals surface area (Å²) in [4.78, 5) is 42.9. The number of piperazine rings is 1. The molecule has 1 saturated carbocycles. The number of carbonyl (C=O) groups is 3. The largest absolute Gasteiger partial charge is 0.440 e. The molecule has 1 atom stereocenters. The maximum Gasteiger partial charge on any atom is 0.410 e. The minimum absolute atomic E-state index is 0.182. The molecule has 4 amide bonds. The number of anilines is 1. The van der Waals surface area contributed by atoms with E-state index in [0.717, 1.165) is 12.8 Å². The predicted molar refractivity (Wildman–Crippen MR) is 105 cm³/mol. The van der Waals surface area contributed by atoms with Crippen molar-refractivity contribution in [1.29, 1.82) is 0 Å². The molecule has 3 aliphatic heterocycles. The fourth-order valence-electron chi connectivity index (χ4n) is 4.80. The number of rotatable bonds is 2. The van der Waals surface area contributed by atoms with Gasteiger partial charge in [0.05, 0.1) is 6.04 Å². The molecule has 3 saturated heterocycles. The molecule has 1 unspecified atom stereocenters. The second-order valence-corrected chi connectivity index (χ2v) is 8.62. The lowest BCUT2D eigenvalue weighted by Gasteiger charge is -2.45. The third-order valence-electron chi connectivity index (χ3n) is 6.74.